The lowest BCUT2D eigenvalue weighted by atomic mass is 10.2. The summed E-state index contributed by atoms with van der Waals surface area (Å²) in [6.07, 6.45) is 0. The molecule has 7 heteroatoms. The van der Waals surface area contributed by atoms with Gasteiger partial charge in [-0.15, -0.1) is 0 Å². The summed E-state index contributed by atoms with van der Waals surface area (Å²) in [7, 11) is 0. The Morgan fingerprint density at radius 2 is 1.91 bits per heavy atom. The van der Waals surface area contributed by atoms with E-state index in [-0.39, 0.29) is 11.0 Å². The van der Waals surface area contributed by atoms with Crippen molar-refractivity contribution in [2.75, 3.05) is 11.9 Å². The summed E-state index contributed by atoms with van der Waals surface area (Å²) in [6, 6.07) is 11.9. The molecule has 120 valence electrons. The van der Waals surface area contributed by atoms with Gasteiger partial charge < -0.3 is 10.1 Å². The fourth-order valence-electron chi connectivity index (χ4n) is 1.84. The first-order valence-corrected chi connectivity index (χ1v) is 7.97. The first-order valence-electron chi connectivity index (χ1n) is 6.80. The van der Waals surface area contributed by atoms with Gasteiger partial charge in [0.2, 0.25) is 0 Å². The zero-order chi connectivity index (χ0) is 16.8. The number of para-hydroxylation sites is 1. The lowest BCUT2D eigenvalue weighted by Crippen LogP contribution is -2.34. The normalized spacial score (nSPS) is 10.0. The molecule has 23 heavy (non-hydrogen) atoms. The van der Waals surface area contributed by atoms with Crippen molar-refractivity contribution < 1.29 is 9.53 Å². The van der Waals surface area contributed by atoms with Crippen molar-refractivity contribution in [1.82, 2.24) is 5.32 Å². The lowest BCUT2D eigenvalue weighted by molar-refractivity contribution is 0.0974. The topological polar surface area (TPSA) is 50.4 Å². The SMILES string of the molecule is CCOc1ccccc1C(=O)NC(=S)Nc1ccc(Cl)c(Cl)c1. The largest absolute Gasteiger partial charge is 0.493 e. The molecule has 0 aliphatic rings. The Balaban J connectivity index is 2.05. The van der Waals surface area contributed by atoms with Crippen LogP contribution in [0.15, 0.2) is 42.5 Å². The molecule has 4 nitrogen and oxygen atoms in total. The Labute approximate surface area is 149 Å². The van der Waals surface area contributed by atoms with Gasteiger partial charge >= 0.3 is 0 Å². The number of nitrogens with one attached hydrogen (secondary N) is 2. The number of thiocarbonyl (C=S) groups is 1. The van der Waals surface area contributed by atoms with E-state index in [2.05, 4.69) is 10.6 Å². The molecular formula is C16H14Cl2N2O2S. The van der Waals surface area contributed by atoms with Gasteiger partial charge in [-0.05, 0) is 49.5 Å². The molecule has 2 N–H and O–H groups in total. The Morgan fingerprint density at radius 3 is 2.61 bits per heavy atom. The van der Waals surface area contributed by atoms with E-state index in [4.69, 9.17) is 40.2 Å². The van der Waals surface area contributed by atoms with Crippen LogP contribution in [-0.2, 0) is 0 Å². The summed E-state index contributed by atoms with van der Waals surface area (Å²) in [6.45, 7) is 2.32. The predicted octanol–water partition coefficient (Wildman–Crippen LogP) is 4.52. The smallest absolute Gasteiger partial charge is 0.261 e. The highest BCUT2D eigenvalue weighted by atomic mass is 35.5. The Morgan fingerprint density at radius 1 is 1.17 bits per heavy atom. The molecule has 0 aromatic heterocycles. The van der Waals surface area contributed by atoms with E-state index in [0.29, 0.717) is 33.7 Å². The maximum atomic E-state index is 12.3. The van der Waals surface area contributed by atoms with E-state index in [0.717, 1.165) is 0 Å². The lowest BCUT2D eigenvalue weighted by Gasteiger charge is -2.12. The minimum absolute atomic E-state index is 0.152. The molecule has 0 spiro atoms. The molecule has 2 aromatic rings. The van der Waals surface area contributed by atoms with Crippen molar-refractivity contribution in [3.63, 3.8) is 0 Å². The number of ether oxygens (including phenoxy) is 1. The molecule has 0 aliphatic carbocycles. The van der Waals surface area contributed by atoms with E-state index in [1.165, 1.54) is 0 Å². The molecule has 0 saturated heterocycles. The molecule has 0 fully saturated rings. The number of carbonyl (C=O) groups excluding carboxylic acids is 1. The maximum absolute atomic E-state index is 12.3. The minimum Gasteiger partial charge on any atom is -0.493 e. The second-order valence-electron chi connectivity index (χ2n) is 4.47. The molecule has 0 bridgehead atoms. The van der Waals surface area contributed by atoms with E-state index in [1.807, 2.05) is 6.92 Å². The summed E-state index contributed by atoms with van der Waals surface area (Å²) >= 11 is 16.9. The molecule has 0 atom stereocenters. The number of carbonyl (C=O) groups is 1. The molecular weight excluding hydrogens is 355 g/mol. The van der Waals surface area contributed by atoms with Crippen molar-refractivity contribution in [1.29, 1.82) is 0 Å². The van der Waals surface area contributed by atoms with Crippen LogP contribution >= 0.6 is 35.4 Å². The van der Waals surface area contributed by atoms with Crippen LogP contribution in [0.4, 0.5) is 5.69 Å². The van der Waals surface area contributed by atoms with E-state index >= 15 is 0 Å². The van der Waals surface area contributed by atoms with Crippen molar-refractivity contribution in [2.45, 2.75) is 6.92 Å². The van der Waals surface area contributed by atoms with Crippen LogP contribution in [0.25, 0.3) is 0 Å². The average Bonchev–Trinajstić information content (AvgIpc) is 2.51. The second kappa shape index (κ2) is 8.15. The minimum atomic E-state index is -0.355. The van der Waals surface area contributed by atoms with Gasteiger partial charge in [-0.2, -0.15) is 0 Å². The van der Waals surface area contributed by atoms with Crippen molar-refractivity contribution >= 4 is 52.1 Å². The fourth-order valence-corrected chi connectivity index (χ4v) is 2.35. The van der Waals surface area contributed by atoms with Gasteiger partial charge in [-0.25, -0.2) is 0 Å². The third-order valence-corrected chi connectivity index (χ3v) is 3.78. The van der Waals surface area contributed by atoms with Gasteiger partial charge in [0.1, 0.15) is 5.75 Å². The molecule has 2 aromatic carbocycles. The van der Waals surface area contributed by atoms with Crippen LogP contribution in [0.5, 0.6) is 5.75 Å². The first-order chi connectivity index (χ1) is 11.0. The van der Waals surface area contributed by atoms with Crippen LogP contribution in [0.3, 0.4) is 0 Å². The Bertz CT molecular complexity index is 738. The molecule has 0 heterocycles. The summed E-state index contributed by atoms with van der Waals surface area (Å²) in [5.41, 5.74) is 1.04. The van der Waals surface area contributed by atoms with E-state index < -0.39 is 0 Å². The predicted molar refractivity (Wildman–Crippen MR) is 97.8 cm³/mol. The van der Waals surface area contributed by atoms with E-state index in [9.17, 15) is 4.79 Å². The van der Waals surface area contributed by atoms with Gasteiger partial charge in [-0.1, -0.05) is 35.3 Å². The van der Waals surface area contributed by atoms with E-state index in [1.54, 1.807) is 42.5 Å². The van der Waals surface area contributed by atoms with Gasteiger partial charge in [0.05, 0.1) is 22.2 Å². The molecule has 0 saturated carbocycles. The number of hydrogen-bond acceptors (Lipinski definition) is 3. The number of rotatable bonds is 4. The van der Waals surface area contributed by atoms with Crippen LogP contribution in [-0.4, -0.2) is 17.6 Å². The zero-order valence-corrected chi connectivity index (χ0v) is 14.6. The summed E-state index contributed by atoms with van der Waals surface area (Å²) in [5.74, 6) is 0.149. The number of halogens is 2. The third-order valence-electron chi connectivity index (χ3n) is 2.84. The first kappa shape index (κ1) is 17.5. The molecule has 0 aliphatic heterocycles. The van der Waals surface area contributed by atoms with Crippen molar-refractivity contribution in [2.24, 2.45) is 0 Å². The maximum Gasteiger partial charge on any atom is 0.261 e. The summed E-state index contributed by atoms with van der Waals surface area (Å²) in [5, 5.41) is 6.47. The zero-order valence-electron chi connectivity index (χ0n) is 12.2. The molecule has 0 unspecified atom stereocenters. The number of hydrogen-bond donors (Lipinski definition) is 2. The molecule has 2 rings (SSSR count). The average molecular weight is 369 g/mol. The Kier molecular flexibility index (Phi) is 6.21. The number of amides is 1. The molecule has 1 amide bonds. The van der Waals surface area contributed by atoms with Crippen molar-refractivity contribution in [3.05, 3.63) is 58.1 Å². The standard InChI is InChI=1S/C16H14Cl2N2O2S/c1-2-22-14-6-4-3-5-11(14)15(21)20-16(23)19-10-7-8-12(17)13(18)9-10/h3-9H,2H2,1H3,(H2,19,20,21,23). The highest BCUT2D eigenvalue weighted by Gasteiger charge is 2.13. The van der Waals surface area contributed by atoms with Crippen LogP contribution in [0.1, 0.15) is 17.3 Å². The van der Waals surface area contributed by atoms with Gasteiger partial charge in [-0.3, -0.25) is 10.1 Å². The third kappa shape index (κ3) is 4.82. The highest BCUT2D eigenvalue weighted by molar-refractivity contribution is 7.80. The monoisotopic (exact) mass is 368 g/mol. The van der Waals surface area contributed by atoms with Gasteiger partial charge in [0.15, 0.2) is 5.11 Å². The summed E-state index contributed by atoms with van der Waals surface area (Å²) < 4.78 is 5.43. The van der Waals surface area contributed by atoms with Gasteiger partial charge in [0.25, 0.3) is 5.91 Å². The number of benzene rings is 2. The van der Waals surface area contributed by atoms with Crippen LogP contribution < -0.4 is 15.4 Å². The van der Waals surface area contributed by atoms with Gasteiger partial charge in [0, 0.05) is 5.69 Å². The fraction of sp³-hybridized carbons (Fsp3) is 0.125. The quantitative estimate of drug-likeness (QED) is 0.779. The van der Waals surface area contributed by atoms with Crippen molar-refractivity contribution in [3.8, 4) is 5.75 Å². The van der Waals surface area contributed by atoms with Crippen LogP contribution in [0, 0.1) is 0 Å². The van der Waals surface area contributed by atoms with Crippen LogP contribution in [0.2, 0.25) is 10.0 Å². The molecule has 0 radical (unpaired) electrons. The number of anilines is 1. The Hall–Kier alpha value is -1.82. The summed E-state index contributed by atoms with van der Waals surface area (Å²) in [4.78, 5) is 12.3. The highest BCUT2D eigenvalue weighted by Crippen LogP contribution is 2.25. The second-order valence-corrected chi connectivity index (χ2v) is 5.69.